The predicted molar refractivity (Wildman–Crippen MR) is 98.6 cm³/mol. The lowest BCUT2D eigenvalue weighted by Crippen LogP contribution is -2.45. The van der Waals surface area contributed by atoms with Crippen molar-refractivity contribution in [3.05, 3.63) is 108 Å². The standard InChI is InChI=1S/C22H23NO/c1-23(2)22(20-14-8-4-9-15-20,21-16-10-5-11-17-21)24-18-19-12-6-3-7-13-19/h3-17H,18H2,1-2H3. The molecule has 0 aromatic heterocycles. The number of nitrogens with zero attached hydrogens (tertiary/aromatic N) is 1. The molecule has 3 rings (SSSR count). The Labute approximate surface area is 144 Å². The van der Waals surface area contributed by atoms with Crippen LogP contribution >= 0.6 is 0 Å². The Morgan fingerprint density at radius 3 is 1.50 bits per heavy atom. The van der Waals surface area contributed by atoms with E-state index in [9.17, 15) is 0 Å². The van der Waals surface area contributed by atoms with Crippen molar-refractivity contribution in [2.75, 3.05) is 14.1 Å². The van der Waals surface area contributed by atoms with E-state index in [-0.39, 0.29) is 0 Å². The summed E-state index contributed by atoms with van der Waals surface area (Å²) in [6, 6.07) is 31.1. The Hall–Kier alpha value is -2.42. The molecular weight excluding hydrogens is 294 g/mol. The first-order valence-electron chi connectivity index (χ1n) is 8.20. The van der Waals surface area contributed by atoms with Crippen molar-refractivity contribution in [2.24, 2.45) is 0 Å². The molecule has 24 heavy (non-hydrogen) atoms. The van der Waals surface area contributed by atoms with Crippen molar-refractivity contribution >= 4 is 0 Å². The molecular formula is C22H23NO. The quantitative estimate of drug-likeness (QED) is 0.613. The Morgan fingerprint density at radius 2 is 1.08 bits per heavy atom. The van der Waals surface area contributed by atoms with Crippen LogP contribution in [0.2, 0.25) is 0 Å². The van der Waals surface area contributed by atoms with Gasteiger partial charge in [0.05, 0.1) is 6.61 Å². The molecule has 2 heteroatoms. The molecule has 0 radical (unpaired) electrons. The number of benzene rings is 3. The van der Waals surface area contributed by atoms with E-state index in [2.05, 4.69) is 79.7 Å². The molecule has 0 amide bonds. The second-order valence-corrected chi connectivity index (χ2v) is 6.04. The minimum absolute atomic E-state index is 0.544. The lowest BCUT2D eigenvalue weighted by atomic mass is 9.93. The molecule has 0 N–H and O–H groups in total. The van der Waals surface area contributed by atoms with Crippen molar-refractivity contribution < 1.29 is 4.74 Å². The van der Waals surface area contributed by atoms with Crippen LogP contribution in [-0.4, -0.2) is 19.0 Å². The number of hydrogen-bond acceptors (Lipinski definition) is 2. The van der Waals surface area contributed by atoms with Gasteiger partial charge in [-0.2, -0.15) is 0 Å². The van der Waals surface area contributed by atoms with E-state index in [0.29, 0.717) is 6.61 Å². The highest BCUT2D eigenvalue weighted by Gasteiger charge is 2.37. The van der Waals surface area contributed by atoms with Crippen LogP contribution in [0.4, 0.5) is 0 Å². The number of rotatable bonds is 6. The summed E-state index contributed by atoms with van der Waals surface area (Å²) >= 11 is 0. The summed E-state index contributed by atoms with van der Waals surface area (Å²) < 4.78 is 6.58. The van der Waals surface area contributed by atoms with E-state index >= 15 is 0 Å². The minimum Gasteiger partial charge on any atom is -0.347 e. The monoisotopic (exact) mass is 317 g/mol. The normalized spacial score (nSPS) is 11.6. The lowest BCUT2D eigenvalue weighted by molar-refractivity contribution is -0.123. The average Bonchev–Trinajstić information content (AvgIpc) is 2.65. The van der Waals surface area contributed by atoms with Gasteiger partial charge in [-0.1, -0.05) is 91.0 Å². The minimum atomic E-state index is -0.627. The second kappa shape index (κ2) is 7.43. The molecule has 0 spiro atoms. The molecule has 0 heterocycles. The van der Waals surface area contributed by atoms with Crippen molar-refractivity contribution in [1.82, 2.24) is 4.90 Å². The van der Waals surface area contributed by atoms with Crippen LogP contribution in [0, 0.1) is 0 Å². The van der Waals surface area contributed by atoms with Gasteiger partial charge in [-0.25, -0.2) is 0 Å². The fourth-order valence-electron chi connectivity index (χ4n) is 3.07. The highest BCUT2D eigenvalue weighted by Crippen LogP contribution is 2.36. The Bertz CT molecular complexity index is 699. The van der Waals surface area contributed by atoms with E-state index < -0.39 is 5.72 Å². The first-order chi connectivity index (χ1) is 11.7. The molecule has 0 saturated carbocycles. The second-order valence-electron chi connectivity index (χ2n) is 6.04. The maximum atomic E-state index is 6.58. The van der Waals surface area contributed by atoms with Gasteiger partial charge in [-0.15, -0.1) is 0 Å². The van der Waals surface area contributed by atoms with Gasteiger partial charge in [0.1, 0.15) is 0 Å². The summed E-state index contributed by atoms with van der Waals surface area (Å²) in [4.78, 5) is 2.14. The summed E-state index contributed by atoms with van der Waals surface area (Å²) in [7, 11) is 4.12. The van der Waals surface area contributed by atoms with Crippen LogP contribution in [0.25, 0.3) is 0 Å². The van der Waals surface area contributed by atoms with Crippen molar-refractivity contribution in [1.29, 1.82) is 0 Å². The van der Waals surface area contributed by atoms with Gasteiger partial charge in [-0.3, -0.25) is 4.90 Å². The molecule has 122 valence electrons. The van der Waals surface area contributed by atoms with Gasteiger partial charge in [0.25, 0.3) is 0 Å². The molecule has 0 aliphatic rings. The third-order valence-electron chi connectivity index (χ3n) is 4.25. The van der Waals surface area contributed by atoms with E-state index in [1.165, 1.54) is 0 Å². The van der Waals surface area contributed by atoms with Gasteiger partial charge < -0.3 is 4.74 Å². The zero-order chi connectivity index (χ0) is 16.8. The van der Waals surface area contributed by atoms with Crippen LogP contribution in [0.15, 0.2) is 91.0 Å². The summed E-state index contributed by atoms with van der Waals surface area (Å²) in [5, 5.41) is 0. The molecule has 0 bridgehead atoms. The van der Waals surface area contributed by atoms with Crippen LogP contribution in [-0.2, 0) is 17.1 Å². The summed E-state index contributed by atoms with van der Waals surface area (Å²) in [5.41, 5.74) is 2.78. The maximum Gasteiger partial charge on any atom is 0.173 e. The van der Waals surface area contributed by atoms with Crippen molar-refractivity contribution in [3.8, 4) is 0 Å². The highest BCUT2D eigenvalue weighted by molar-refractivity contribution is 5.35. The maximum absolute atomic E-state index is 6.58. The Kier molecular flexibility index (Phi) is 5.09. The van der Waals surface area contributed by atoms with Crippen LogP contribution in [0.1, 0.15) is 16.7 Å². The van der Waals surface area contributed by atoms with E-state index in [1.54, 1.807) is 0 Å². The zero-order valence-electron chi connectivity index (χ0n) is 14.2. The number of hydrogen-bond donors (Lipinski definition) is 0. The van der Waals surface area contributed by atoms with Crippen LogP contribution < -0.4 is 0 Å². The molecule has 0 aliphatic heterocycles. The zero-order valence-corrected chi connectivity index (χ0v) is 14.2. The molecule has 0 saturated heterocycles. The van der Waals surface area contributed by atoms with Gasteiger partial charge in [0.2, 0.25) is 0 Å². The van der Waals surface area contributed by atoms with Gasteiger partial charge in [0.15, 0.2) is 5.72 Å². The highest BCUT2D eigenvalue weighted by atomic mass is 16.5. The van der Waals surface area contributed by atoms with Crippen LogP contribution in [0.5, 0.6) is 0 Å². The predicted octanol–water partition coefficient (Wildman–Crippen LogP) is 4.67. The van der Waals surface area contributed by atoms with Gasteiger partial charge in [0, 0.05) is 11.1 Å². The van der Waals surface area contributed by atoms with Crippen LogP contribution in [0.3, 0.4) is 0 Å². The first kappa shape index (κ1) is 16.4. The Morgan fingerprint density at radius 1 is 0.667 bits per heavy atom. The molecule has 0 atom stereocenters. The van der Waals surface area contributed by atoms with E-state index in [1.807, 2.05) is 30.3 Å². The fourth-order valence-corrected chi connectivity index (χ4v) is 3.07. The third-order valence-corrected chi connectivity index (χ3v) is 4.25. The topological polar surface area (TPSA) is 12.5 Å². The smallest absolute Gasteiger partial charge is 0.173 e. The van der Waals surface area contributed by atoms with Crippen molar-refractivity contribution in [3.63, 3.8) is 0 Å². The molecule has 3 aromatic carbocycles. The average molecular weight is 317 g/mol. The number of ether oxygens (including phenoxy) is 1. The Balaban J connectivity index is 2.05. The first-order valence-corrected chi connectivity index (χ1v) is 8.20. The summed E-state index contributed by atoms with van der Waals surface area (Å²) in [6.07, 6.45) is 0. The molecule has 3 aromatic rings. The largest absolute Gasteiger partial charge is 0.347 e. The van der Waals surface area contributed by atoms with E-state index in [4.69, 9.17) is 4.74 Å². The molecule has 0 aliphatic carbocycles. The van der Waals surface area contributed by atoms with Gasteiger partial charge >= 0.3 is 0 Å². The molecule has 0 fully saturated rings. The summed E-state index contributed by atoms with van der Waals surface area (Å²) in [6.45, 7) is 0.544. The molecule has 2 nitrogen and oxygen atoms in total. The van der Waals surface area contributed by atoms with Crippen molar-refractivity contribution in [2.45, 2.75) is 12.3 Å². The molecule has 0 unspecified atom stereocenters. The summed E-state index contributed by atoms with van der Waals surface area (Å²) in [5.74, 6) is 0. The van der Waals surface area contributed by atoms with Gasteiger partial charge in [-0.05, 0) is 19.7 Å². The lowest BCUT2D eigenvalue weighted by Gasteiger charge is -2.40. The van der Waals surface area contributed by atoms with E-state index in [0.717, 1.165) is 16.7 Å². The third kappa shape index (κ3) is 3.25. The SMILES string of the molecule is CN(C)C(OCc1ccccc1)(c1ccccc1)c1ccccc1. The fraction of sp³-hybridized carbons (Fsp3) is 0.182.